The molecule has 2 aromatic carbocycles. The van der Waals surface area contributed by atoms with E-state index >= 15 is 0 Å². The van der Waals surface area contributed by atoms with Gasteiger partial charge in [0.25, 0.3) is 0 Å². The highest BCUT2D eigenvalue weighted by atomic mass is 127. The van der Waals surface area contributed by atoms with Crippen LogP contribution < -0.4 is 33.3 Å². The van der Waals surface area contributed by atoms with Crippen LogP contribution in [0.5, 0.6) is 5.75 Å². The Morgan fingerprint density at radius 2 is 1.64 bits per heavy atom. The number of nitrogens with zero attached hydrogens (tertiary/aromatic N) is 1. The van der Waals surface area contributed by atoms with Crippen LogP contribution in [0.4, 0.5) is 0 Å². The minimum Gasteiger partial charge on any atom is -1.00 e. The van der Waals surface area contributed by atoms with Gasteiger partial charge in [0.05, 0.1) is 7.11 Å². The molecule has 0 saturated carbocycles. The second-order valence-electron chi connectivity index (χ2n) is 5.11. The van der Waals surface area contributed by atoms with Crippen molar-refractivity contribution in [2.24, 2.45) is 7.05 Å². The van der Waals surface area contributed by atoms with Crippen molar-refractivity contribution in [2.75, 3.05) is 7.11 Å². The van der Waals surface area contributed by atoms with E-state index in [0.717, 1.165) is 5.75 Å². The highest BCUT2D eigenvalue weighted by Gasteiger charge is 1.98. The molecule has 0 aliphatic rings. The zero-order valence-electron chi connectivity index (χ0n) is 12.7. The van der Waals surface area contributed by atoms with E-state index < -0.39 is 0 Å². The lowest BCUT2D eigenvalue weighted by Gasteiger charge is -2.03. The number of halogens is 1. The minimum atomic E-state index is 0. The van der Waals surface area contributed by atoms with Crippen LogP contribution in [0.1, 0.15) is 11.1 Å². The Labute approximate surface area is 148 Å². The molecule has 0 saturated heterocycles. The average Bonchev–Trinajstić information content (AvgIpc) is 2.52. The maximum Gasteiger partial charge on any atom is 0.175 e. The van der Waals surface area contributed by atoms with Crippen LogP contribution in [-0.4, -0.2) is 7.11 Å². The molecule has 0 amide bonds. The predicted molar refractivity (Wildman–Crippen MR) is 87.0 cm³/mol. The van der Waals surface area contributed by atoms with Gasteiger partial charge in [0.15, 0.2) is 12.4 Å². The Hall–Kier alpha value is -1.88. The summed E-state index contributed by atoms with van der Waals surface area (Å²) < 4.78 is 7.30. The van der Waals surface area contributed by atoms with Crippen LogP contribution in [0.25, 0.3) is 22.9 Å². The average molecular weight is 403 g/mol. The van der Waals surface area contributed by atoms with Crippen molar-refractivity contribution in [3.05, 3.63) is 72.1 Å². The fourth-order valence-electron chi connectivity index (χ4n) is 2.38. The highest BCUT2D eigenvalue weighted by molar-refractivity contribution is 5.87. The summed E-state index contributed by atoms with van der Waals surface area (Å²) in [7, 11) is 3.72. The Kier molecular flexibility index (Phi) is 5.55. The number of aryl methyl sites for hydroxylation is 1. The fourth-order valence-corrected chi connectivity index (χ4v) is 2.38. The van der Waals surface area contributed by atoms with Crippen molar-refractivity contribution in [1.82, 2.24) is 0 Å². The van der Waals surface area contributed by atoms with E-state index in [-0.39, 0.29) is 24.0 Å². The lowest BCUT2D eigenvalue weighted by molar-refractivity contribution is -0.671. The molecule has 0 atom stereocenters. The van der Waals surface area contributed by atoms with Crippen LogP contribution in [0.15, 0.2) is 60.9 Å². The number of aromatic nitrogens is 1. The third kappa shape index (κ3) is 3.85. The van der Waals surface area contributed by atoms with Crippen molar-refractivity contribution >= 4 is 22.9 Å². The molecule has 0 N–H and O–H groups in total. The summed E-state index contributed by atoms with van der Waals surface area (Å²) in [6.07, 6.45) is 8.40. The first-order chi connectivity index (χ1) is 10.2. The van der Waals surface area contributed by atoms with Crippen molar-refractivity contribution in [3.63, 3.8) is 0 Å². The van der Waals surface area contributed by atoms with Crippen LogP contribution in [0, 0.1) is 0 Å². The Bertz CT molecular complexity index is 811. The third-order valence-electron chi connectivity index (χ3n) is 3.50. The first-order valence-electron chi connectivity index (χ1n) is 6.96. The maximum atomic E-state index is 5.25. The van der Waals surface area contributed by atoms with Crippen molar-refractivity contribution < 1.29 is 33.3 Å². The molecule has 0 spiro atoms. The monoisotopic (exact) mass is 403 g/mol. The molecule has 1 heterocycles. The summed E-state index contributed by atoms with van der Waals surface area (Å²) in [5.74, 6) is 0.891. The van der Waals surface area contributed by atoms with Crippen LogP contribution in [-0.2, 0) is 7.05 Å². The standard InChI is InChI=1S/C19H18NO.HI/c1-20-11-3-4-16(14-20)6-5-15-7-8-18-13-19(21-2)10-9-17(18)12-15;/h3-14H,1-2H3;1H/q+1;/p-1/b6-5+;. The molecule has 0 radical (unpaired) electrons. The zero-order valence-corrected chi connectivity index (χ0v) is 14.8. The van der Waals surface area contributed by atoms with Gasteiger partial charge in [0.1, 0.15) is 12.8 Å². The van der Waals surface area contributed by atoms with E-state index in [2.05, 4.69) is 54.7 Å². The van der Waals surface area contributed by atoms with Gasteiger partial charge in [0.2, 0.25) is 0 Å². The summed E-state index contributed by atoms with van der Waals surface area (Å²) in [6, 6.07) is 16.7. The molecule has 112 valence electrons. The summed E-state index contributed by atoms with van der Waals surface area (Å²) in [4.78, 5) is 0. The molecule has 3 heteroatoms. The zero-order chi connectivity index (χ0) is 14.7. The molecule has 0 aliphatic carbocycles. The Morgan fingerprint density at radius 3 is 2.41 bits per heavy atom. The third-order valence-corrected chi connectivity index (χ3v) is 3.50. The molecular formula is C19H18INO. The Morgan fingerprint density at radius 1 is 0.909 bits per heavy atom. The summed E-state index contributed by atoms with van der Waals surface area (Å²) in [5, 5.41) is 2.41. The van der Waals surface area contributed by atoms with E-state index in [1.54, 1.807) is 7.11 Å². The first-order valence-corrected chi connectivity index (χ1v) is 6.96. The van der Waals surface area contributed by atoms with E-state index in [1.807, 2.05) is 29.9 Å². The smallest absolute Gasteiger partial charge is 0.175 e. The van der Waals surface area contributed by atoms with Gasteiger partial charge in [-0.05, 0) is 46.7 Å². The lowest BCUT2D eigenvalue weighted by atomic mass is 10.1. The number of rotatable bonds is 3. The van der Waals surface area contributed by atoms with Gasteiger partial charge in [-0.1, -0.05) is 24.3 Å². The first kappa shape index (κ1) is 16.5. The maximum absolute atomic E-state index is 5.25. The lowest BCUT2D eigenvalue weighted by Crippen LogP contribution is -3.00. The molecule has 0 bridgehead atoms. The number of pyridine rings is 1. The van der Waals surface area contributed by atoms with Gasteiger partial charge in [-0.25, -0.2) is 4.57 Å². The van der Waals surface area contributed by atoms with Gasteiger partial charge >= 0.3 is 0 Å². The highest BCUT2D eigenvalue weighted by Crippen LogP contribution is 2.22. The molecule has 22 heavy (non-hydrogen) atoms. The van der Waals surface area contributed by atoms with E-state index in [9.17, 15) is 0 Å². The van der Waals surface area contributed by atoms with Crippen molar-refractivity contribution in [3.8, 4) is 5.75 Å². The van der Waals surface area contributed by atoms with E-state index in [1.165, 1.54) is 21.9 Å². The molecule has 0 fully saturated rings. The molecular weight excluding hydrogens is 385 g/mol. The molecule has 1 aromatic heterocycles. The van der Waals surface area contributed by atoms with Crippen LogP contribution in [0.2, 0.25) is 0 Å². The summed E-state index contributed by atoms with van der Waals surface area (Å²) >= 11 is 0. The summed E-state index contributed by atoms with van der Waals surface area (Å²) in [5.41, 5.74) is 2.38. The van der Waals surface area contributed by atoms with Gasteiger partial charge < -0.3 is 28.7 Å². The topological polar surface area (TPSA) is 13.1 Å². The molecule has 0 unspecified atom stereocenters. The van der Waals surface area contributed by atoms with Gasteiger partial charge in [-0.3, -0.25) is 0 Å². The van der Waals surface area contributed by atoms with Crippen LogP contribution in [0.3, 0.4) is 0 Å². The molecule has 3 rings (SSSR count). The quantitative estimate of drug-likeness (QED) is 0.467. The van der Waals surface area contributed by atoms with E-state index in [4.69, 9.17) is 4.74 Å². The molecule has 0 aliphatic heterocycles. The molecule has 2 nitrogen and oxygen atoms in total. The SMILES string of the molecule is COc1ccc2cc(/C=C/c3ccc[n+](C)c3)ccc2c1.[I-]. The number of methoxy groups -OCH3 is 1. The second kappa shape index (κ2) is 7.40. The second-order valence-corrected chi connectivity index (χ2v) is 5.11. The minimum absolute atomic E-state index is 0. The van der Waals surface area contributed by atoms with E-state index in [0.29, 0.717) is 0 Å². The number of benzene rings is 2. The van der Waals surface area contributed by atoms with Crippen molar-refractivity contribution in [2.45, 2.75) is 0 Å². The van der Waals surface area contributed by atoms with Crippen LogP contribution >= 0.6 is 0 Å². The predicted octanol–water partition coefficient (Wildman–Crippen LogP) is 0.847. The largest absolute Gasteiger partial charge is 1.00 e. The summed E-state index contributed by atoms with van der Waals surface area (Å²) in [6.45, 7) is 0. The fraction of sp³-hybridized carbons (Fsp3) is 0.105. The number of hydrogen-bond acceptors (Lipinski definition) is 1. The Balaban J connectivity index is 0.00000176. The van der Waals surface area contributed by atoms with Gasteiger partial charge in [-0.2, -0.15) is 0 Å². The molecule has 3 aromatic rings. The normalized spacial score (nSPS) is 10.6. The van der Waals surface area contributed by atoms with Gasteiger partial charge in [-0.15, -0.1) is 0 Å². The number of hydrogen-bond donors (Lipinski definition) is 0. The van der Waals surface area contributed by atoms with Gasteiger partial charge in [0, 0.05) is 11.6 Å². The number of fused-ring (bicyclic) bond motifs is 1. The van der Waals surface area contributed by atoms with Crippen molar-refractivity contribution in [1.29, 1.82) is 0 Å². The number of ether oxygens (including phenoxy) is 1.